The quantitative estimate of drug-likeness (QED) is 0.653. The third-order valence-corrected chi connectivity index (χ3v) is 1.61. The largest absolute Gasteiger partial charge is 0.490 e. The third-order valence-electron chi connectivity index (χ3n) is 1.61. The second kappa shape index (κ2) is 5.98. The maximum atomic E-state index is 8.88. The third kappa shape index (κ3) is 4.06. The summed E-state index contributed by atoms with van der Waals surface area (Å²) in [5, 5.41) is 17.8. The van der Waals surface area contributed by atoms with Gasteiger partial charge < -0.3 is 14.9 Å². The summed E-state index contributed by atoms with van der Waals surface area (Å²) in [6, 6.07) is 1.73. The summed E-state index contributed by atoms with van der Waals surface area (Å²) < 4.78 is 0. The van der Waals surface area contributed by atoms with E-state index in [4.69, 9.17) is 10.0 Å². The van der Waals surface area contributed by atoms with E-state index in [-0.39, 0.29) is 12.4 Å². The van der Waals surface area contributed by atoms with E-state index >= 15 is 0 Å². The highest BCUT2D eigenvalue weighted by Crippen LogP contribution is 1.97. The lowest BCUT2D eigenvalue weighted by Crippen LogP contribution is -2.30. The Morgan fingerprint density at radius 3 is 2.50 bits per heavy atom. The van der Waals surface area contributed by atoms with E-state index in [1.165, 1.54) is 6.20 Å². The van der Waals surface area contributed by atoms with Crippen LogP contribution in [0.5, 0.6) is 0 Å². The lowest BCUT2D eigenvalue weighted by molar-refractivity contribution is 0.401. The molecule has 0 atom stereocenters. The van der Waals surface area contributed by atoms with Crippen LogP contribution >= 0.6 is 12.4 Å². The van der Waals surface area contributed by atoms with Gasteiger partial charge in [0, 0.05) is 24.4 Å². The van der Waals surface area contributed by atoms with Gasteiger partial charge in [0.25, 0.3) is 0 Å². The molecular weight excluding hydrogens is 202 g/mol. The molecule has 0 saturated heterocycles. The van der Waals surface area contributed by atoms with Crippen molar-refractivity contribution in [2.45, 2.75) is 6.54 Å². The van der Waals surface area contributed by atoms with Crippen LogP contribution in [0.1, 0.15) is 5.56 Å². The average molecular weight is 216 g/mol. The van der Waals surface area contributed by atoms with Crippen molar-refractivity contribution in [1.29, 1.82) is 0 Å². The highest BCUT2D eigenvalue weighted by Gasteiger charge is 2.11. The first-order valence-corrected chi connectivity index (χ1v) is 4.04. The van der Waals surface area contributed by atoms with Gasteiger partial charge in [-0.15, -0.1) is 12.4 Å². The van der Waals surface area contributed by atoms with E-state index in [9.17, 15) is 0 Å². The molecule has 0 fully saturated rings. The van der Waals surface area contributed by atoms with Crippen molar-refractivity contribution in [3.8, 4) is 0 Å². The SMILES string of the molecule is CN(C)Cc1cncc(B(O)O)c1.Cl. The van der Waals surface area contributed by atoms with Crippen LogP contribution in [0.25, 0.3) is 0 Å². The number of halogens is 1. The molecule has 2 N–H and O–H groups in total. The summed E-state index contributed by atoms with van der Waals surface area (Å²) in [5.74, 6) is 0. The number of hydrogen-bond acceptors (Lipinski definition) is 4. The Morgan fingerprint density at radius 1 is 1.36 bits per heavy atom. The molecule has 0 aromatic carbocycles. The van der Waals surface area contributed by atoms with Crippen molar-refractivity contribution >= 4 is 25.0 Å². The van der Waals surface area contributed by atoms with Crippen LogP contribution in [-0.4, -0.2) is 41.1 Å². The van der Waals surface area contributed by atoms with Gasteiger partial charge in [0.05, 0.1) is 0 Å². The molecule has 0 unspecified atom stereocenters. The monoisotopic (exact) mass is 216 g/mol. The van der Waals surface area contributed by atoms with E-state index in [1.807, 2.05) is 19.0 Å². The number of rotatable bonds is 3. The fraction of sp³-hybridized carbons (Fsp3) is 0.375. The highest BCUT2D eigenvalue weighted by molar-refractivity contribution is 6.58. The second-order valence-corrected chi connectivity index (χ2v) is 3.24. The van der Waals surface area contributed by atoms with Crippen LogP contribution in [0.3, 0.4) is 0 Å². The maximum Gasteiger partial charge on any atom is 0.490 e. The van der Waals surface area contributed by atoms with E-state index < -0.39 is 7.12 Å². The van der Waals surface area contributed by atoms with Gasteiger partial charge in [-0.05, 0) is 19.7 Å². The predicted octanol–water partition coefficient (Wildman–Crippen LogP) is -0.755. The minimum absolute atomic E-state index is 0. The van der Waals surface area contributed by atoms with Crippen LogP contribution in [0.2, 0.25) is 0 Å². The van der Waals surface area contributed by atoms with Gasteiger partial charge in [-0.1, -0.05) is 6.07 Å². The Balaban J connectivity index is 0.00000169. The van der Waals surface area contributed by atoms with Gasteiger partial charge in [-0.25, -0.2) is 0 Å². The van der Waals surface area contributed by atoms with Crippen molar-refractivity contribution in [2.24, 2.45) is 0 Å². The molecule has 0 bridgehead atoms. The molecule has 1 aromatic heterocycles. The molecule has 0 aliphatic heterocycles. The molecule has 14 heavy (non-hydrogen) atoms. The number of nitrogens with zero attached hydrogens (tertiary/aromatic N) is 2. The average Bonchev–Trinajstić information content (AvgIpc) is 2.03. The molecule has 0 radical (unpaired) electrons. The molecule has 6 heteroatoms. The van der Waals surface area contributed by atoms with Crippen molar-refractivity contribution in [3.63, 3.8) is 0 Å². The smallest absolute Gasteiger partial charge is 0.423 e. The fourth-order valence-electron chi connectivity index (χ4n) is 1.10. The zero-order valence-electron chi connectivity index (χ0n) is 8.21. The number of pyridine rings is 1. The fourth-order valence-corrected chi connectivity index (χ4v) is 1.10. The number of aromatic nitrogens is 1. The molecule has 1 rings (SSSR count). The van der Waals surface area contributed by atoms with Crippen LogP contribution in [0.4, 0.5) is 0 Å². The molecule has 1 aromatic rings. The topological polar surface area (TPSA) is 56.6 Å². The summed E-state index contributed by atoms with van der Waals surface area (Å²) in [4.78, 5) is 5.90. The molecule has 78 valence electrons. The van der Waals surface area contributed by atoms with Crippen LogP contribution < -0.4 is 5.46 Å². The van der Waals surface area contributed by atoms with Gasteiger partial charge in [-0.2, -0.15) is 0 Å². The minimum atomic E-state index is -1.44. The Bertz CT molecular complexity index is 284. The molecular formula is C8H14BClN2O2. The lowest BCUT2D eigenvalue weighted by atomic mass is 9.81. The molecule has 0 saturated carbocycles. The Morgan fingerprint density at radius 2 is 2.00 bits per heavy atom. The van der Waals surface area contributed by atoms with Crippen LogP contribution in [0, 0.1) is 0 Å². The van der Waals surface area contributed by atoms with E-state index in [2.05, 4.69) is 4.98 Å². The summed E-state index contributed by atoms with van der Waals surface area (Å²) in [5.41, 5.74) is 1.40. The standard InChI is InChI=1S/C8H13BN2O2.ClH/c1-11(2)6-7-3-8(9(12)13)5-10-4-7;/h3-5,12-13H,6H2,1-2H3;1H. The zero-order chi connectivity index (χ0) is 9.84. The van der Waals surface area contributed by atoms with Gasteiger partial charge in [0.15, 0.2) is 0 Å². The van der Waals surface area contributed by atoms with Crippen LogP contribution in [0.15, 0.2) is 18.5 Å². The summed E-state index contributed by atoms with van der Waals surface area (Å²) >= 11 is 0. The molecule has 0 aliphatic carbocycles. The molecule has 4 nitrogen and oxygen atoms in total. The van der Waals surface area contributed by atoms with Crippen LogP contribution in [-0.2, 0) is 6.54 Å². The predicted molar refractivity (Wildman–Crippen MR) is 58.7 cm³/mol. The van der Waals surface area contributed by atoms with Gasteiger partial charge in [0.1, 0.15) is 0 Å². The normalized spacial score (nSPS) is 9.79. The highest BCUT2D eigenvalue weighted by atomic mass is 35.5. The van der Waals surface area contributed by atoms with Gasteiger partial charge >= 0.3 is 7.12 Å². The first-order valence-electron chi connectivity index (χ1n) is 4.04. The van der Waals surface area contributed by atoms with Gasteiger partial charge in [-0.3, -0.25) is 4.98 Å². The summed E-state index contributed by atoms with van der Waals surface area (Å²) in [7, 11) is 2.46. The summed E-state index contributed by atoms with van der Waals surface area (Å²) in [6.45, 7) is 0.744. The maximum absolute atomic E-state index is 8.88. The molecule has 0 spiro atoms. The first-order chi connectivity index (χ1) is 6.09. The molecule has 0 aliphatic rings. The molecule has 1 heterocycles. The van der Waals surface area contributed by atoms with Crippen molar-refractivity contribution in [1.82, 2.24) is 9.88 Å². The van der Waals surface area contributed by atoms with E-state index in [0.717, 1.165) is 12.1 Å². The first kappa shape index (κ1) is 13.4. The Kier molecular flexibility index (Phi) is 5.72. The molecule has 0 amide bonds. The van der Waals surface area contributed by atoms with E-state index in [1.54, 1.807) is 12.3 Å². The Labute approximate surface area is 90.1 Å². The van der Waals surface area contributed by atoms with Crippen molar-refractivity contribution in [2.75, 3.05) is 14.1 Å². The second-order valence-electron chi connectivity index (χ2n) is 3.24. The minimum Gasteiger partial charge on any atom is -0.423 e. The van der Waals surface area contributed by atoms with Gasteiger partial charge in [0.2, 0.25) is 0 Å². The van der Waals surface area contributed by atoms with Crippen molar-refractivity contribution in [3.05, 3.63) is 24.0 Å². The zero-order valence-corrected chi connectivity index (χ0v) is 9.03. The van der Waals surface area contributed by atoms with E-state index in [0.29, 0.717) is 5.46 Å². The number of hydrogen-bond donors (Lipinski definition) is 2. The summed E-state index contributed by atoms with van der Waals surface area (Å²) in [6.07, 6.45) is 3.16. The van der Waals surface area contributed by atoms with Crippen molar-refractivity contribution < 1.29 is 10.0 Å². The Hall–Kier alpha value is -0.615. The lowest BCUT2D eigenvalue weighted by Gasteiger charge is -2.09.